The lowest BCUT2D eigenvalue weighted by molar-refractivity contribution is 0.0183. The molecule has 0 aliphatic rings. The fourth-order valence-electron chi connectivity index (χ4n) is 2.63. The van der Waals surface area contributed by atoms with Crippen molar-refractivity contribution in [1.29, 1.82) is 0 Å². The fourth-order valence-corrected chi connectivity index (χ4v) is 2.63. The van der Waals surface area contributed by atoms with Gasteiger partial charge in [0.15, 0.2) is 0 Å². The third kappa shape index (κ3) is 5.38. The quantitative estimate of drug-likeness (QED) is 0.656. The number of aliphatic hydroxyl groups is 2. The number of aliphatic hydroxyl groups excluding tert-OH is 1. The van der Waals surface area contributed by atoms with Gasteiger partial charge in [-0.2, -0.15) is 0 Å². The summed E-state index contributed by atoms with van der Waals surface area (Å²) in [5, 5.41) is 20.4. The highest BCUT2D eigenvalue weighted by Crippen LogP contribution is 2.26. The Bertz CT molecular complexity index is 439. The van der Waals surface area contributed by atoms with Crippen LogP contribution in [0.2, 0.25) is 0 Å². The van der Waals surface area contributed by atoms with Crippen molar-refractivity contribution >= 4 is 0 Å². The minimum Gasteiger partial charge on any atom is -0.390 e. The van der Waals surface area contributed by atoms with E-state index in [4.69, 9.17) is 5.73 Å². The molecule has 0 amide bonds. The zero-order chi connectivity index (χ0) is 15.9. The predicted octanol–water partition coefficient (Wildman–Crippen LogP) is 3.08. The molecule has 0 fully saturated rings. The van der Waals surface area contributed by atoms with E-state index in [0.29, 0.717) is 43.4 Å². The highest BCUT2D eigenvalue weighted by molar-refractivity contribution is 5.27. The van der Waals surface area contributed by atoms with E-state index in [1.54, 1.807) is 12.1 Å². The zero-order valence-electron chi connectivity index (χ0n) is 13.1. The van der Waals surface area contributed by atoms with Gasteiger partial charge in [0.25, 0.3) is 0 Å². The molecule has 0 saturated carbocycles. The molecule has 0 radical (unpaired) electrons. The molecular weight excluding hydrogens is 269 g/mol. The van der Waals surface area contributed by atoms with Crippen molar-refractivity contribution in [2.45, 2.75) is 64.1 Å². The van der Waals surface area contributed by atoms with Gasteiger partial charge in [-0.25, -0.2) is 4.39 Å². The zero-order valence-corrected chi connectivity index (χ0v) is 13.1. The maximum absolute atomic E-state index is 13.9. The molecule has 3 nitrogen and oxygen atoms in total. The van der Waals surface area contributed by atoms with Crippen molar-refractivity contribution in [2.24, 2.45) is 5.73 Å². The molecule has 4 N–H and O–H groups in total. The van der Waals surface area contributed by atoms with Crippen LogP contribution in [0.25, 0.3) is 0 Å². The Labute approximate surface area is 127 Å². The second kappa shape index (κ2) is 8.47. The first-order valence-electron chi connectivity index (χ1n) is 7.84. The average molecular weight is 297 g/mol. The standard InChI is InChI=1S/C17H28FNO2/c1-3-9-17(21,4-2)10-7-13-12-14(5-6-15(13)18)16(20)8-11-19/h5-6,12,16,20-21H,3-4,7-11,19H2,1-2H3. The summed E-state index contributed by atoms with van der Waals surface area (Å²) in [6.07, 6.45) is 3.10. The Morgan fingerprint density at radius 2 is 2.00 bits per heavy atom. The molecule has 120 valence electrons. The van der Waals surface area contributed by atoms with Crippen molar-refractivity contribution in [3.05, 3.63) is 35.1 Å². The Balaban J connectivity index is 2.80. The average Bonchev–Trinajstić information content (AvgIpc) is 2.47. The first kappa shape index (κ1) is 18.1. The monoisotopic (exact) mass is 297 g/mol. The van der Waals surface area contributed by atoms with E-state index in [2.05, 4.69) is 0 Å². The van der Waals surface area contributed by atoms with Crippen molar-refractivity contribution < 1.29 is 14.6 Å². The van der Waals surface area contributed by atoms with Crippen LogP contribution in [-0.2, 0) is 6.42 Å². The van der Waals surface area contributed by atoms with E-state index >= 15 is 0 Å². The molecule has 4 heteroatoms. The van der Waals surface area contributed by atoms with E-state index in [1.807, 2.05) is 13.8 Å². The summed E-state index contributed by atoms with van der Waals surface area (Å²) in [6, 6.07) is 4.67. The maximum Gasteiger partial charge on any atom is 0.126 e. The van der Waals surface area contributed by atoms with Crippen LogP contribution in [0.5, 0.6) is 0 Å². The molecule has 0 aromatic heterocycles. The minimum atomic E-state index is -0.729. The molecule has 1 aromatic carbocycles. The summed E-state index contributed by atoms with van der Waals surface area (Å²) < 4.78 is 13.9. The Morgan fingerprint density at radius 1 is 1.29 bits per heavy atom. The van der Waals surface area contributed by atoms with Crippen molar-refractivity contribution in [3.63, 3.8) is 0 Å². The molecular formula is C17H28FNO2. The highest BCUT2D eigenvalue weighted by Gasteiger charge is 2.23. The first-order chi connectivity index (χ1) is 9.95. The lowest BCUT2D eigenvalue weighted by atomic mass is 9.87. The van der Waals surface area contributed by atoms with E-state index in [9.17, 15) is 14.6 Å². The first-order valence-corrected chi connectivity index (χ1v) is 7.84. The molecule has 1 aromatic rings. The topological polar surface area (TPSA) is 66.5 Å². The molecule has 2 unspecified atom stereocenters. The number of hydrogen-bond donors (Lipinski definition) is 3. The van der Waals surface area contributed by atoms with Gasteiger partial charge in [0.1, 0.15) is 5.82 Å². The van der Waals surface area contributed by atoms with Crippen molar-refractivity contribution in [2.75, 3.05) is 6.54 Å². The molecule has 0 saturated heterocycles. The van der Waals surface area contributed by atoms with Crippen LogP contribution in [0.4, 0.5) is 4.39 Å². The van der Waals surface area contributed by atoms with Gasteiger partial charge in [-0.05, 0) is 55.8 Å². The van der Waals surface area contributed by atoms with Crippen LogP contribution in [-0.4, -0.2) is 22.4 Å². The molecule has 1 rings (SSSR count). The van der Waals surface area contributed by atoms with Crippen LogP contribution in [0.3, 0.4) is 0 Å². The normalized spacial score (nSPS) is 15.7. The molecule has 0 heterocycles. The Kier molecular flexibility index (Phi) is 7.29. The lowest BCUT2D eigenvalue weighted by Crippen LogP contribution is -2.28. The van der Waals surface area contributed by atoms with Crippen LogP contribution in [0.1, 0.15) is 63.2 Å². The van der Waals surface area contributed by atoms with Crippen molar-refractivity contribution in [1.82, 2.24) is 0 Å². The SMILES string of the molecule is CCCC(O)(CC)CCc1cc(C(O)CCN)ccc1F. The number of halogens is 1. The van der Waals surface area contributed by atoms with Gasteiger partial charge < -0.3 is 15.9 Å². The van der Waals surface area contributed by atoms with Gasteiger partial charge >= 0.3 is 0 Å². The summed E-state index contributed by atoms with van der Waals surface area (Å²) in [4.78, 5) is 0. The molecule has 0 aliphatic carbocycles. The number of aryl methyl sites for hydroxylation is 1. The molecule has 21 heavy (non-hydrogen) atoms. The summed E-state index contributed by atoms with van der Waals surface area (Å²) in [6.45, 7) is 4.37. The third-order valence-corrected chi connectivity index (χ3v) is 4.13. The second-order valence-corrected chi connectivity index (χ2v) is 5.77. The van der Waals surface area contributed by atoms with Crippen LogP contribution in [0.15, 0.2) is 18.2 Å². The van der Waals surface area contributed by atoms with Crippen molar-refractivity contribution in [3.8, 4) is 0 Å². The molecule has 0 bridgehead atoms. The van der Waals surface area contributed by atoms with E-state index in [0.717, 1.165) is 12.8 Å². The van der Waals surface area contributed by atoms with Crippen LogP contribution in [0, 0.1) is 5.82 Å². The maximum atomic E-state index is 13.9. The van der Waals surface area contributed by atoms with E-state index in [1.165, 1.54) is 6.07 Å². The van der Waals surface area contributed by atoms with Gasteiger partial charge in [0.05, 0.1) is 11.7 Å². The number of nitrogens with two attached hydrogens (primary N) is 1. The smallest absolute Gasteiger partial charge is 0.126 e. The van der Waals surface area contributed by atoms with Crippen LogP contribution < -0.4 is 5.73 Å². The Morgan fingerprint density at radius 3 is 2.57 bits per heavy atom. The number of benzene rings is 1. The highest BCUT2D eigenvalue weighted by atomic mass is 19.1. The summed E-state index contributed by atoms with van der Waals surface area (Å²) >= 11 is 0. The van der Waals surface area contributed by atoms with Gasteiger partial charge in [-0.3, -0.25) is 0 Å². The van der Waals surface area contributed by atoms with Gasteiger partial charge in [0.2, 0.25) is 0 Å². The van der Waals surface area contributed by atoms with Gasteiger partial charge in [-0.1, -0.05) is 32.4 Å². The minimum absolute atomic E-state index is 0.284. The number of hydrogen-bond acceptors (Lipinski definition) is 3. The lowest BCUT2D eigenvalue weighted by Gasteiger charge is -2.26. The third-order valence-electron chi connectivity index (χ3n) is 4.13. The van der Waals surface area contributed by atoms with Crippen LogP contribution >= 0.6 is 0 Å². The summed E-state index contributed by atoms with van der Waals surface area (Å²) in [7, 11) is 0. The largest absolute Gasteiger partial charge is 0.390 e. The number of rotatable bonds is 9. The Hall–Kier alpha value is -0.970. The summed E-state index contributed by atoms with van der Waals surface area (Å²) in [5.74, 6) is -0.284. The van der Waals surface area contributed by atoms with Gasteiger partial charge in [-0.15, -0.1) is 0 Å². The molecule has 2 atom stereocenters. The predicted molar refractivity (Wildman–Crippen MR) is 83.5 cm³/mol. The molecule has 0 spiro atoms. The summed E-state index contributed by atoms with van der Waals surface area (Å²) in [5.41, 5.74) is 5.94. The van der Waals surface area contributed by atoms with E-state index in [-0.39, 0.29) is 5.82 Å². The fraction of sp³-hybridized carbons (Fsp3) is 0.647. The second-order valence-electron chi connectivity index (χ2n) is 5.77. The molecule has 0 aliphatic heterocycles. The van der Waals surface area contributed by atoms with E-state index < -0.39 is 11.7 Å². The van der Waals surface area contributed by atoms with Gasteiger partial charge in [0, 0.05) is 0 Å².